The minimum absolute atomic E-state index is 0.440. The molecule has 0 spiro atoms. The van der Waals surface area contributed by atoms with E-state index in [-0.39, 0.29) is 0 Å². The Morgan fingerprint density at radius 3 is 2.47 bits per heavy atom. The van der Waals surface area contributed by atoms with Gasteiger partial charge in [0.25, 0.3) is 0 Å². The van der Waals surface area contributed by atoms with E-state index in [1.807, 2.05) is 13.0 Å². The minimum atomic E-state index is 0.440. The van der Waals surface area contributed by atoms with Crippen molar-refractivity contribution in [1.29, 1.82) is 0 Å². The van der Waals surface area contributed by atoms with Crippen LogP contribution in [-0.2, 0) is 4.74 Å². The molecule has 0 amide bonds. The third-order valence-corrected chi connectivity index (χ3v) is 8.66. The van der Waals surface area contributed by atoms with Crippen molar-refractivity contribution in [3.05, 3.63) is 6.07 Å². The van der Waals surface area contributed by atoms with Crippen molar-refractivity contribution in [1.82, 2.24) is 25.5 Å². The second kappa shape index (κ2) is 16.4. The molecule has 3 fully saturated rings. The molecule has 0 atom stereocenters. The molecule has 2 saturated carbocycles. The van der Waals surface area contributed by atoms with Crippen LogP contribution in [0.2, 0.25) is 0 Å². The lowest BCUT2D eigenvalue weighted by molar-refractivity contribution is 0.111. The zero-order valence-corrected chi connectivity index (χ0v) is 23.9. The molecule has 1 saturated heterocycles. The average Bonchev–Trinajstić information content (AvgIpc) is 2.94. The summed E-state index contributed by atoms with van der Waals surface area (Å²) in [5, 5.41) is 11.0. The number of nitrogen functional groups attached to an aromatic ring is 1. The van der Waals surface area contributed by atoms with Gasteiger partial charge < -0.3 is 31.3 Å². The lowest BCUT2D eigenvalue weighted by Crippen LogP contribution is -2.47. The van der Waals surface area contributed by atoms with E-state index in [4.69, 9.17) is 15.5 Å². The Balaban J connectivity index is 1.08. The molecule has 4 rings (SSSR count). The Hall–Kier alpha value is -1.68. The SMILES string of the molecule is CCOCCN1CCN(c2cc(N)nc(NC3CCC(CCNCCCNC4CCCCC4)CC3)n2)CC1. The van der Waals surface area contributed by atoms with Crippen LogP contribution < -0.4 is 26.6 Å². The zero-order valence-electron chi connectivity index (χ0n) is 23.9. The largest absolute Gasteiger partial charge is 0.383 e. The van der Waals surface area contributed by atoms with Crippen molar-refractivity contribution in [2.45, 2.75) is 89.6 Å². The normalized spacial score (nSPS) is 23.6. The van der Waals surface area contributed by atoms with Crippen LogP contribution in [0.4, 0.5) is 17.6 Å². The fraction of sp³-hybridized carbons (Fsp3) is 0.862. The second-order valence-electron chi connectivity index (χ2n) is 11.5. The zero-order chi connectivity index (χ0) is 26.4. The number of rotatable bonds is 15. The van der Waals surface area contributed by atoms with Gasteiger partial charge in [-0.3, -0.25) is 4.90 Å². The van der Waals surface area contributed by atoms with E-state index in [0.717, 1.165) is 83.3 Å². The molecule has 0 radical (unpaired) electrons. The monoisotopic (exact) mass is 530 g/mol. The lowest BCUT2D eigenvalue weighted by atomic mass is 9.84. The highest BCUT2D eigenvalue weighted by atomic mass is 16.5. The van der Waals surface area contributed by atoms with Crippen LogP contribution >= 0.6 is 0 Å². The van der Waals surface area contributed by atoms with Crippen molar-refractivity contribution in [3.63, 3.8) is 0 Å². The van der Waals surface area contributed by atoms with Crippen LogP contribution in [-0.4, -0.2) is 92.5 Å². The summed E-state index contributed by atoms with van der Waals surface area (Å²) in [6, 6.07) is 3.13. The second-order valence-corrected chi connectivity index (χ2v) is 11.5. The van der Waals surface area contributed by atoms with Crippen molar-refractivity contribution in [2.75, 3.05) is 81.5 Å². The molecule has 0 aromatic carbocycles. The van der Waals surface area contributed by atoms with Crippen LogP contribution in [0.15, 0.2) is 6.07 Å². The molecule has 1 aromatic rings. The number of piperazine rings is 1. The Kier molecular flexibility index (Phi) is 12.7. The predicted molar refractivity (Wildman–Crippen MR) is 158 cm³/mol. The van der Waals surface area contributed by atoms with Crippen LogP contribution in [0.5, 0.6) is 0 Å². The van der Waals surface area contributed by atoms with Crippen molar-refractivity contribution < 1.29 is 4.74 Å². The van der Waals surface area contributed by atoms with Crippen molar-refractivity contribution in [3.8, 4) is 0 Å². The fourth-order valence-corrected chi connectivity index (χ4v) is 6.25. The van der Waals surface area contributed by atoms with Gasteiger partial charge in [0.05, 0.1) is 6.61 Å². The molecule has 0 unspecified atom stereocenters. The van der Waals surface area contributed by atoms with Gasteiger partial charge in [-0.25, -0.2) is 0 Å². The topological polar surface area (TPSA) is 104 Å². The molecule has 2 heterocycles. The van der Waals surface area contributed by atoms with E-state index in [0.29, 0.717) is 17.8 Å². The molecule has 0 bridgehead atoms. The first kappa shape index (κ1) is 29.3. The Labute approximate surface area is 231 Å². The minimum Gasteiger partial charge on any atom is -0.383 e. The van der Waals surface area contributed by atoms with Crippen LogP contribution in [0.25, 0.3) is 0 Å². The summed E-state index contributed by atoms with van der Waals surface area (Å²) in [6.07, 6.45) is 14.5. The molecule has 216 valence electrons. The highest BCUT2D eigenvalue weighted by Crippen LogP contribution is 2.28. The molecule has 3 aliphatic rings. The smallest absolute Gasteiger partial charge is 0.226 e. The summed E-state index contributed by atoms with van der Waals surface area (Å²) in [5.74, 6) is 3.01. The van der Waals surface area contributed by atoms with E-state index >= 15 is 0 Å². The van der Waals surface area contributed by atoms with Gasteiger partial charge in [0.15, 0.2) is 0 Å². The third-order valence-electron chi connectivity index (χ3n) is 8.66. The summed E-state index contributed by atoms with van der Waals surface area (Å²) < 4.78 is 5.51. The Morgan fingerprint density at radius 1 is 0.921 bits per heavy atom. The van der Waals surface area contributed by atoms with E-state index in [9.17, 15) is 0 Å². The first-order valence-corrected chi connectivity index (χ1v) is 15.6. The van der Waals surface area contributed by atoms with Crippen LogP contribution in [0.1, 0.15) is 77.6 Å². The number of nitrogens with two attached hydrogens (primary N) is 1. The maximum atomic E-state index is 6.18. The average molecular weight is 531 g/mol. The van der Waals surface area contributed by atoms with E-state index in [2.05, 4.69) is 30.7 Å². The maximum absolute atomic E-state index is 6.18. The summed E-state index contributed by atoms with van der Waals surface area (Å²) in [5.41, 5.74) is 6.18. The van der Waals surface area contributed by atoms with Gasteiger partial charge in [0.1, 0.15) is 11.6 Å². The summed E-state index contributed by atoms with van der Waals surface area (Å²) in [4.78, 5) is 14.1. The Morgan fingerprint density at radius 2 is 1.71 bits per heavy atom. The molecular formula is C29H54N8O. The summed E-state index contributed by atoms with van der Waals surface area (Å²) in [6.45, 7) is 12.0. The number of nitrogens with one attached hydrogen (secondary N) is 3. The quantitative estimate of drug-likeness (QED) is 0.254. The van der Waals surface area contributed by atoms with Crippen LogP contribution in [0.3, 0.4) is 0 Å². The number of hydrogen-bond donors (Lipinski definition) is 4. The number of anilines is 3. The lowest BCUT2D eigenvalue weighted by Gasteiger charge is -2.35. The van der Waals surface area contributed by atoms with E-state index in [1.165, 1.54) is 70.6 Å². The van der Waals surface area contributed by atoms with Crippen molar-refractivity contribution in [2.24, 2.45) is 5.92 Å². The van der Waals surface area contributed by atoms with Gasteiger partial charge in [-0.2, -0.15) is 9.97 Å². The summed E-state index contributed by atoms with van der Waals surface area (Å²) >= 11 is 0. The molecule has 9 nitrogen and oxygen atoms in total. The predicted octanol–water partition coefficient (Wildman–Crippen LogP) is 3.48. The molecular weight excluding hydrogens is 476 g/mol. The van der Waals surface area contributed by atoms with Gasteiger partial charge in [0.2, 0.25) is 5.95 Å². The fourth-order valence-electron chi connectivity index (χ4n) is 6.25. The van der Waals surface area contributed by atoms with Gasteiger partial charge in [0, 0.05) is 57.5 Å². The van der Waals surface area contributed by atoms with E-state index < -0.39 is 0 Å². The number of nitrogens with zero attached hydrogens (tertiary/aromatic N) is 4. The molecule has 1 aliphatic heterocycles. The van der Waals surface area contributed by atoms with Crippen LogP contribution in [0, 0.1) is 5.92 Å². The summed E-state index contributed by atoms with van der Waals surface area (Å²) in [7, 11) is 0. The van der Waals surface area contributed by atoms with Gasteiger partial charge in [-0.15, -0.1) is 0 Å². The molecule has 9 heteroatoms. The van der Waals surface area contributed by atoms with Gasteiger partial charge in [-0.05, 0) is 83.8 Å². The van der Waals surface area contributed by atoms with Crippen molar-refractivity contribution >= 4 is 17.6 Å². The number of aromatic nitrogens is 2. The molecule has 5 N–H and O–H groups in total. The first-order chi connectivity index (χ1) is 18.7. The highest BCUT2D eigenvalue weighted by molar-refractivity contribution is 5.52. The highest BCUT2D eigenvalue weighted by Gasteiger charge is 2.23. The van der Waals surface area contributed by atoms with E-state index in [1.54, 1.807) is 0 Å². The Bertz CT molecular complexity index is 774. The molecule has 38 heavy (non-hydrogen) atoms. The number of hydrogen-bond acceptors (Lipinski definition) is 9. The first-order valence-electron chi connectivity index (χ1n) is 15.6. The molecule has 1 aromatic heterocycles. The number of ether oxygens (including phenoxy) is 1. The maximum Gasteiger partial charge on any atom is 0.226 e. The third kappa shape index (κ3) is 10.1. The molecule has 2 aliphatic carbocycles. The van der Waals surface area contributed by atoms with Gasteiger partial charge >= 0.3 is 0 Å². The standard InChI is InChI=1S/C29H54N8O/c1-2-38-22-21-36-17-19-37(20-18-36)28-23-27(30)34-29(35-28)33-26-11-9-24(10-12-26)13-16-31-14-6-15-32-25-7-4-3-5-8-25/h23-26,31-32H,2-22H2,1H3,(H3,30,33,34,35). The van der Waals surface area contributed by atoms with Gasteiger partial charge in [-0.1, -0.05) is 19.3 Å².